The standard InChI is InChI=1S/C8H13ClO/c1-2-3-4-5-8(6-9)7-10/h2-6H2,1H3. The summed E-state index contributed by atoms with van der Waals surface area (Å²) in [7, 11) is 0. The van der Waals surface area contributed by atoms with Crippen molar-refractivity contribution in [2.45, 2.75) is 32.6 Å². The van der Waals surface area contributed by atoms with Crippen molar-refractivity contribution in [1.82, 2.24) is 0 Å². The smallest absolute Gasteiger partial charge is 0.124 e. The van der Waals surface area contributed by atoms with Gasteiger partial charge in [0.15, 0.2) is 0 Å². The molecule has 0 aliphatic heterocycles. The first kappa shape index (κ1) is 9.74. The number of unbranched alkanes of at least 4 members (excludes halogenated alkanes) is 2. The molecule has 58 valence electrons. The van der Waals surface area contributed by atoms with Crippen molar-refractivity contribution in [3.05, 3.63) is 5.57 Å². The van der Waals surface area contributed by atoms with Gasteiger partial charge in [-0.05, 0) is 12.8 Å². The van der Waals surface area contributed by atoms with E-state index in [1.807, 2.05) is 5.94 Å². The van der Waals surface area contributed by atoms with Crippen LogP contribution in [0.1, 0.15) is 32.6 Å². The Bertz CT molecular complexity index is 125. The normalized spacial score (nSPS) is 9.00. The highest BCUT2D eigenvalue weighted by molar-refractivity contribution is 6.20. The van der Waals surface area contributed by atoms with Gasteiger partial charge in [0.25, 0.3) is 0 Å². The molecular weight excluding hydrogens is 148 g/mol. The molecule has 0 radical (unpaired) electrons. The zero-order valence-electron chi connectivity index (χ0n) is 6.32. The molecule has 2 heteroatoms. The summed E-state index contributed by atoms with van der Waals surface area (Å²) in [5.74, 6) is 2.19. The van der Waals surface area contributed by atoms with Gasteiger partial charge in [-0.2, -0.15) is 0 Å². The monoisotopic (exact) mass is 160 g/mol. The van der Waals surface area contributed by atoms with E-state index in [2.05, 4.69) is 6.92 Å². The lowest BCUT2D eigenvalue weighted by Gasteiger charge is -1.95. The molecule has 0 aromatic carbocycles. The quantitative estimate of drug-likeness (QED) is 0.343. The predicted octanol–water partition coefficient (Wildman–Crippen LogP) is 2.56. The fraction of sp³-hybridized carbons (Fsp3) is 0.750. The first-order valence-electron chi connectivity index (χ1n) is 3.64. The van der Waals surface area contributed by atoms with E-state index in [-0.39, 0.29) is 0 Å². The molecule has 0 N–H and O–H groups in total. The van der Waals surface area contributed by atoms with E-state index < -0.39 is 0 Å². The Morgan fingerprint density at radius 3 is 2.60 bits per heavy atom. The third-order valence-corrected chi connectivity index (χ3v) is 1.71. The molecule has 10 heavy (non-hydrogen) atoms. The molecule has 0 aliphatic carbocycles. The van der Waals surface area contributed by atoms with Crippen LogP contribution in [0.5, 0.6) is 0 Å². The van der Waals surface area contributed by atoms with Gasteiger partial charge in [0.2, 0.25) is 0 Å². The summed E-state index contributed by atoms with van der Waals surface area (Å²) in [5.41, 5.74) is 0.704. The van der Waals surface area contributed by atoms with Gasteiger partial charge in [0.1, 0.15) is 5.94 Å². The average molecular weight is 161 g/mol. The van der Waals surface area contributed by atoms with Gasteiger partial charge in [0.05, 0.1) is 5.88 Å². The molecule has 1 nitrogen and oxygen atoms in total. The molecule has 0 rings (SSSR count). The van der Waals surface area contributed by atoms with E-state index in [1.165, 1.54) is 12.8 Å². The Morgan fingerprint density at radius 1 is 1.50 bits per heavy atom. The highest BCUT2D eigenvalue weighted by Gasteiger charge is 1.94. The van der Waals surface area contributed by atoms with Crippen molar-refractivity contribution < 1.29 is 4.79 Å². The summed E-state index contributed by atoms with van der Waals surface area (Å²) in [6.45, 7) is 2.13. The zero-order valence-corrected chi connectivity index (χ0v) is 7.08. The highest BCUT2D eigenvalue weighted by Crippen LogP contribution is 2.06. The second-order valence-electron chi connectivity index (χ2n) is 2.30. The van der Waals surface area contributed by atoms with Crippen LogP contribution in [0.3, 0.4) is 0 Å². The van der Waals surface area contributed by atoms with Crippen LogP contribution >= 0.6 is 11.6 Å². The number of halogens is 1. The minimum Gasteiger partial charge on any atom is -0.234 e. The summed E-state index contributed by atoms with van der Waals surface area (Å²) < 4.78 is 0. The average Bonchev–Trinajstić information content (AvgIpc) is 1.99. The molecule has 0 amide bonds. The number of hydrogen-bond acceptors (Lipinski definition) is 1. The summed E-state index contributed by atoms with van der Waals surface area (Å²) in [6, 6.07) is 0. The van der Waals surface area contributed by atoms with Crippen molar-refractivity contribution in [1.29, 1.82) is 0 Å². The molecule has 0 aliphatic rings. The van der Waals surface area contributed by atoms with Crippen LogP contribution < -0.4 is 0 Å². The first-order valence-corrected chi connectivity index (χ1v) is 4.17. The van der Waals surface area contributed by atoms with Gasteiger partial charge >= 0.3 is 0 Å². The molecule has 0 bridgehead atoms. The van der Waals surface area contributed by atoms with Gasteiger partial charge in [-0.3, -0.25) is 0 Å². The highest BCUT2D eigenvalue weighted by atomic mass is 35.5. The Hall–Kier alpha value is -0.260. The molecule has 0 spiro atoms. The van der Waals surface area contributed by atoms with Crippen LogP contribution in [0.15, 0.2) is 5.57 Å². The van der Waals surface area contributed by atoms with Crippen molar-refractivity contribution in [2.24, 2.45) is 0 Å². The Kier molecular flexibility index (Phi) is 6.68. The molecule has 0 fully saturated rings. The zero-order chi connectivity index (χ0) is 7.82. The number of rotatable bonds is 5. The van der Waals surface area contributed by atoms with E-state index in [0.29, 0.717) is 11.5 Å². The van der Waals surface area contributed by atoms with Gasteiger partial charge in [-0.1, -0.05) is 19.8 Å². The number of hydrogen-bond donors (Lipinski definition) is 0. The second kappa shape index (κ2) is 6.85. The van der Waals surface area contributed by atoms with Crippen LogP contribution in [0.2, 0.25) is 0 Å². The van der Waals surface area contributed by atoms with Crippen LogP contribution in [-0.2, 0) is 4.79 Å². The fourth-order valence-corrected chi connectivity index (χ4v) is 0.922. The third-order valence-electron chi connectivity index (χ3n) is 1.39. The van der Waals surface area contributed by atoms with Crippen LogP contribution in [-0.4, -0.2) is 11.8 Å². The van der Waals surface area contributed by atoms with E-state index in [4.69, 9.17) is 11.6 Å². The van der Waals surface area contributed by atoms with Gasteiger partial charge in [-0.15, -0.1) is 11.6 Å². The fourth-order valence-electron chi connectivity index (χ4n) is 0.734. The van der Waals surface area contributed by atoms with Gasteiger partial charge in [-0.25, -0.2) is 4.79 Å². The lowest BCUT2D eigenvalue weighted by Crippen LogP contribution is -1.86. The lowest BCUT2D eigenvalue weighted by molar-refractivity contribution is 0.565. The second-order valence-corrected chi connectivity index (χ2v) is 2.56. The third kappa shape index (κ3) is 4.60. The molecular formula is C8H13ClO. The molecule has 0 aromatic rings. The van der Waals surface area contributed by atoms with Crippen LogP contribution in [0, 0.1) is 0 Å². The van der Waals surface area contributed by atoms with E-state index in [9.17, 15) is 4.79 Å². The number of alkyl halides is 1. The molecule has 0 heterocycles. The molecule has 0 saturated heterocycles. The molecule has 0 aromatic heterocycles. The summed E-state index contributed by atoms with van der Waals surface area (Å²) in [6.07, 6.45) is 4.23. The maximum absolute atomic E-state index is 10.1. The van der Waals surface area contributed by atoms with Gasteiger partial charge < -0.3 is 0 Å². The van der Waals surface area contributed by atoms with Crippen molar-refractivity contribution in [2.75, 3.05) is 5.88 Å². The summed E-state index contributed by atoms with van der Waals surface area (Å²) in [5, 5.41) is 0. The van der Waals surface area contributed by atoms with Crippen molar-refractivity contribution >= 4 is 17.5 Å². The largest absolute Gasteiger partial charge is 0.234 e. The Labute approximate surface area is 67.1 Å². The summed E-state index contributed by atoms with van der Waals surface area (Å²) in [4.78, 5) is 10.1. The number of carbonyl (C=O) groups excluding carboxylic acids is 1. The minimum atomic E-state index is 0.340. The van der Waals surface area contributed by atoms with Gasteiger partial charge in [0, 0.05) is 5.57 Å². The minimum absolute atomic E-state index is 0.340. The predicted molar refractivity (Wildman–Crippen MR) is 44.1 cm³/mol. The molecule has 0 saturated carbocycles. The van der Waals surface area contributed by atoms with Crippen LogP contribution in [0.4, 0.5) is 0 Å². The Balaban J connectivity index is 3.37. The summed E-state index contributed by atoms with van der Waals surface area (Å²) >= 11 is 5.45. The molecule has 0 unspecified atom stereocenters. The maximum atomic E-state index is 10.1. The lowest BCUT2D eigenvalue weighted by atomic mass is 10.1. The topological polar surface area (TPSA) is 17.1 Å². The molecule has 0 atom stereocenters. The first-order chi connectivity index (χ1) is 4.85. The van der Waals surface area contributed by atoms with E-state index in [1.54, 1.807) is 0 Å². The van der Waals surface area contributed by atoms with Crippen molar-refractivity contribution in [3.8, 4) is 0 Å². The number of allylic oxidation sites excluding steroid dienone is 1. The van der Waals surface area contributed by atoms with E-state index >= 15 is 0 Å². The SMILES string of the molecule is CCCCCC(=C=O)CCl. The van der Waals surface area contributed by atoms with Crippen molar-refractivity contribution in [3.63, 3.8) is 0 Å². The Morgan fingerprint density at radius 2 is 2.20 bits per heavy atom. The van der Waals surface area contributed by atoms with E-state index in [0.717, 1.165) is 12.8 Å². The van der Waals surface area contributed by atoms with Crippen LogP contribution in [0.25, 0.3) is 0 Å². The maximum Gasteiger partial charge on any atom is 0.124 e.